The molecule has 0 bridgehead atoms. The Bertz CT molecular complexity index is 5730. The van der Waals surface area contributed by atoms with Gasteiger partial charge in [0.05, 0.1) is 33.0 Å². The zero-order valence-electron chi connectivity index (χ0n) is 61.3. The van der Waals surface area contributed by atoms with Crippen molar-refractivity contribution in [2.24, 2.45) is 0 Å². The quantitative estimate of drug-likeness (QED) is 0.0199. The van der Waals surface area contributed by atoms with Gasteiger partial charge in [0.1, 0.15) is 91.6 Å². The molecule has 0 amide bonds. The maximum Gasteiger partial charge on any atom is 0.397 e. The summed E-state index contributed by atoms with van der Waals surface area (Å²) in [5, 5.41) is 0. The molecule has 5 fully saturated rings. The Labute approximate surface area is 722 Å². The molecule has 0 aromatic heterocycles. The Morgan fingerprint density at radius 1 is 0.188 bits per heavy atom. The highest BCUT2D eigenvalue weighted by atomic mass is 32.3. The van der Waals surface area contributed by atoms with Gasteiger partial charge in [-0.05, 0) is 6.42 Å². The van der Waals surface area contributed by atoms with Gasteiger partial charge in [0, 0.05) is 6.61 Å². The van der Waals surface area contributed by atoms with Crippen LogP contribution in [0.4, 0.5) is 0 Å². The highest BCUT2D eigenvalue weighted by molar-refractivity contribution is 7.84. The van der Waals surface area contributed by atoms with Gasteiger partial charge >= 0.3 is 166 Å². The van der Waals surface area contributed by atoms with Gasteiger partial charge < -0.3 is 47.4 Å². The Morgan fingerprint density at radius 3 is 0.539 bits per heavy atom. The van der Waals surface area contributed by atoms with E-state index in [1.807, 2.05) is 0 Å². The van der Waals surface area contributed by atoms with Crippen molar-refractivity contribution in [1.29, 1.82) is 0 Å². The van der Waals surface area contributed by atoms with Crippen molar-refractivity contribution in [1.82, 2.24) is 0 Å². The molecule has 90 heteroatoms. The third kappa shape index (κ3) is 43.1. The molecule has 0 radical (unpaired) electrons. The van der Waals surface area contributed by atoms with E-state index in [0.717, 1.165) is 0 Å². The predicted octanol–water partition coefficient (Wildman–Crippen LogP) is -11.3. The Morgan fingerprint density at radius 2 is 0.344 bits per heavy atom. The van der Waals surface area contributed by atoms with Gasteiger partial charge in [-0.15, -0.1) is 0 Å². The molecule has 5 heterocycles. The monoisotopic (exact) mass is 2220 g/mol. The molecule has 5 aliphatic heterocycles. The molecule has 0 unspecified atom stereocenters. The summed E-state index contributed by atoms with van der Waals surface area (Å²) < 4.78 is 689. The highest BCUT2D eigenvalue weighted by Gasteiger charge is 2.65. The Hall–Kier alpha value is -2.48. The van der Waals surface area contributed by atoms with Crippen molar-refractivity contribution in [3.8, 4) is 0 Å². The smallest absolute Gasteiger partial charge is 0.350 e. The molecule has 74 nitrogen and oxygen atoms in total. The van der Waals surface area contributed by atoms with Crippen LogP contribution >= 0.6 is 0 Å². The SMILES string of the molecule is CCCCCCCCO[C@@H]1O[C@H](COS(=O)(=O)O)[C@@H](OS(=O)(=O)O)[C@H](O[C@@H]2O[C@H](COS(=O)(=O)O)[C@@H](OS(=O)(=O)O)[C@H](O[C@@H]3O[C@H](COS(=O)(=O)O)[C@@H](OS(=O)(=O)O)[C@H](O[C@@H]4O[C@H](COS(=O)(=O)O)[C@@H](OS(=O)(=O)O)[C@H](O[C@@H]5O[C@H](COS(=O)(=O)O)[C@@H](OS(=O)(=O)O)[C@H](OS(=O)(=O)O)[C@H]5OS(=O)(=O)O)[C@H]4OS(=O)(=O)O)[C@H]3OS(=O)(=O)O)[C@H]2OS(=O)(=O)O)[C@H]1OS(=O)(=O)O. The molecular formula is C38H68O74S16. The molecule has 16 N–H and O–H groups in total. The lowest BCUT2D eigenvalue weighted by Gasteiger charge is -2.51. The highest BCUT2D eigenvalue weighted by Crippen LogP contribution is 2.44. The van der Waals surface area contributed by atoms with Gasteiger partial charge in [0.2, 0.25) is 0 Å². The van der Waals surface area contributed by atoms with E-state index in [9.17, 15) is 208 Å². The van der Waals surface area contributed by atoms with Crippen LogP contribution in [0.1, 0.15) is 45.4 Å². The molecule has 25 atom stereocenters. The lowest BCUT2D eigenvalue weighted by Crippen LogP contribution is -2.70. The van der Waals surface area contributed by atoms with Crippen LogP contribution in [-0.2, 0) is 281 Å². The summed E-state index contributed by atoms with van der Waals surface area (Å²) in [5.41, 5.74) is 0. The number of rotatable bonds is 53. The summed E-state index contributed by atoms with van der Waals surface area (Å²) in [7, 11) is -106. The fraction of sp³-hybridized carbons (Fsp3) is 1.00. The van der Waals surface area contributed by atoms with E-state index in [1.165, 1.54) is 0 Å². The molecule has 0 aromatic carbocycles. The van der Waals surface area contributed by atoms with Crippen LogP contribution in [0.2, 0.25) is 0 Å². The summed E-state index contributed by atoms with van der Waals surface area (Å²) in [5.74, 6) is 0. The first-order valence-corrected chi connectivity index (χ1v) is 54.0. The largest absolute Gasteiger partial charge is 0.397 e. The number of unbranched alkanes of at least 4 members (excludes halogenated alkanes) is 5. The topological polar surface area (TPSA) is 1110 Å². The minimum atomic E-state index is -7.12. The molecule has 0 saturated carbocycles. The van der Waals surface area contributed by atoms with Crippen LogP contribution in [-0.4, -0.2) is 401 Å². The number of hydrogen-bond donors (Lipinski definition) is 16. The molecule has 0 aromatic rings. The summed E-state index contributed by atoms with van der Waals surface area (Å²) in [6.45, 7) is -11.1. The molecule has 5 rings (SSSR count). The first-order valence-electron chi connectivity index (χ1n) is 32.1. The lowest BCUT2D eigenvalue weighted by atomic mass is 9.95. The van der Waals surface area contributed by atoms with E-state index in [1.54, 1.807) is 6.92 Å². The van der Waals surface area contributed by atoms with Crippen molar-refractivity contribution < 1.29 is 322 Å². The summed E-state index contributed by atoms with van der Waals surface area (Å²) in [4.78, 5) is 0. The standard InChI is InChI=1S/C38H68O74S16/c1-2-3-4-5-6-7-8-87-34-29(108-124(72,73)74)24(19(102-118(54,55)56)14(93-34)9-88-113(39,40)41)98-35-30(109-125(75,76)77)25(20(103-119(57,58)59)15(94-35)10-89-114(42,43)44)99-36-31(110-126(78,79)80)26(21(104-120(60,61)62)16(95-36)11-90-115(45,46)47)100-37-32(111-127(81,82)83)27(22(105-121(63,64)65)17(96-37)12-91-116(48,49)50)101-38-33(112-128(84,85)86)28(107-123(69,70)71)23(106-122(66,67)68)18(97-38)13-92-117(51,52)53/h14-38H,2-13H2,1H3,(H,39,40,41)(H,42,43,44)(H,45,46,47)(H,48,49,50)(H,51,52,53)(H,54,55,56)(H,57,58,59)(H,60,61,62)(H,63,64,65)(H,66,67,68)(H,69,70,71)(H,72,73,74)(H,75,76,77)(H,78,79,80)(H,81,82,83)(H,84,85,86)/t14-,15-,16-,17-,18-,19-,20-,21-,22-,23-,24+,25+,26+,27+,28+,29-,30-,31-,32-,33-,34-,35+,36+,37+,38+/m1/s1. The molecule has 0 spiro atoms. The summed E-state index contributed by atoms with van der Waals surface area (Å²) >= 11 is 0. The average Bonchev–Trinajstić information content (AvgIpc) is 0.745. The van der Waals surface area contributed by atoms with E-state index in [0.29, 0.717) is 25.7 Å². The molecule has 0 aliphatic carbocycles. The summed E-state index contributed by atoms with van der Waals surface area (Å²) in [6.07, 6.45) is -93.5. The fourth-order valence-electron chi connectivity index (χ4n) is 11.5. The van der Waals surface area contributed by atoms with Crippen molar-refractivity contribution in [2.45, 2.75) is 199 Å². The van der Waals surface area contributed by atoms with Crippen LogP contribution in [0.3, 0.4) is 0 Å². The van der Waals surface area contributed by atoms with Crippen LogP contribution in [0.25, 0.3) is 0 Å². The second-order valence-electron chi connectivity index (χ2n) is 24.7. The number of hydrogen-bond acceptors (Lipinski definition) is 58. The van der Waals surface area contributed by atoms with E-state index in [2.05, 4.69) is 66.9 Å². The Kier molecular flexibility index (Phi) is 40.4. The van der Waals surface area contributed by atoms with Gasteiger partial charge in [-0.3, -0.25) is 72.8 Å². The van der Waals surface area contributed by atoms with Crippen molar-refractivity contribution >= 4 is 166 Å². The predicted molar refractivity (Wildman–Crippen MR) is 370 cm³/mol. The molecular weight excluding hydrogens is 2150 g/mol. The van der Waals surface area contributed by atoms with E-state index >= 15 is 0 Å². The van der Waals surface area contributed by atoms with Crippen molar-refractivity contribution in [3.63, 3.8) is 0 Å². The first-order chi connectivity index (χ1) is 57.3. The number of ether oxygens (including phenoxy) is 10. The van der Waals surface area contributed by atoms with Gasteiger partial charge in [-0.1, -0.05) is 39.0 Å². The van der Waals surface area contributed by atoms with Crippen LogP contribution in [0.15, 0.2) is 0 Å². The first kappa shape index (κ1) is 116. The van der Waals surface area contributed by atoms with Gasteiger partial charge in [-0.2, -0.15) is 135 Å². The lowest BCUT2D eigenvalue weighted by molar-refractivity contribution is -0.385. The third-order valence-electron chi connectivity index (χ3n) is 15.4. The van der Waals surface area contributed by atoms with E-state index in [-0.39, 0.29) is 12.8 Å². The van der Waals surface area contributed by atoms with Crippen molar-refractivity contribution in [2.75, 3.05) is 39.6 Å². The second kappa shape index (κ2) is 44.5. The maximum atomic E-state index is 13.4. The van der Waals surface area contributed by atoms with Crippen LogP contribution in [0.5, 0.6) is 0 Å². The summed E-state index contributed by atoms with van der Waals surface area (Å²) in [6, 6.07) is 0. The third-order valence-corrected chi connectivity index (χ3v) is 22.7. The molecule has 760 valence electrons. The normalized spacial score (nSPS) is 32.0. The minimum absolute atomic E-state index is 0.106. The molecule has 128 heavy (non-hydrogen) atoms. The Balaban J connectivity index is 2.05. The van der Waals surface area contributed by atoms with Crippen molar-refractivity contribution in [3.05, 3.63) is 0 Å². The second-order valence-corrected chi connectivity index (χ2v) is 41.7. The molecule has 5 saturated heterocycles. The maximum absolute atomic E-state index is 13.4. The van der Waals surface area contributed by atoms with Gasteiger partial charge in [0.25, 0.3) is 0 Å². The zero-order valence-corrected chi connectivity index (χ0v) is 74.3. The van der Waals surface area contributed by atoms with Gasteiger partial charge in [-0.25, -0.2) is 66.9 Å². The van der Waals surface area contributed by atoms with Crippen LogP contribution < -0.4 is 0 Å². The van der Waals surface area contributed by atoms with Gasteiger partial charge in [0.15, 0.2) is 62.0 Å². The van der Waals surface area contributed by atoms with Crippen LogP contribution in [0, 0.1) is 0 Å². The average molecular weight is 2220 g/mol. The minimum Gasteiger partial charge on any atom is -0.350 e. The van der Waals surface area contributed by atoms with E-state index < -0.39 is 360 Å². The van der Waals surface area contributed by atoms with E-state index in [4.69, 9.17) is 47.4 Å². The molecule has 5 aliphatic rings. The zero-order chi connectivity index (χ0) is 98.3. The fourth-order valence-corrected chi connectivity index (χ4v) is 18.5.